The molecule has 1 heterocycles. The molecular weight excluding hydrogens is 314 g/mol. The Morgan fingerprint density at radius 1 is 1.42 bits per heavy atom. The standard InChI is InChI=1S/C16H19N3O5/c1-10(20)13-14(11-5-4-6-12(9-11)19(23)24)18(8-7-17(2)3)16(22)15(13)21/h4-6,9,14,21H,7-8H2,1-3H3. The Morgan fingerprint density at radius 2 is 2.08 bits per heavy atom. The zero-order valence-corrected chi connectivity index (χ0v) is 13.7. The van der Waals surface area contributed by atoms with Crippen molar-refractivity contribution in [3.8, 4) is 0 Å². The van der Waals surface area contributed by atoms with E-state index in [1.165, 1.54) is 30.0 Å². The number of nitro groups is 1. The maximum atomic E-state index is 12.3. The van der Waals surface area contributed by atoms with Gasteiger partial charge in [0.05, 0.1) is 16.5 Å². The van der Waals surface area contributed by atoms with Crippen LogP contribution >= 0.6 is 0 Å². The largest absolute Gasteiger partial charge is 0.503 e. The SMILES string of the molecule is CC(=O)C1=C(O)C(=O)N(CCN(C)C)C1c1cccc([N+](=O)[O-])c1. The molecule has 1 aromatic rings. The Bertz CT molecular complexity index is 726. The van der Waals surface area contributed by atoms with Crippen LogP contribution in [0.25, 0.3) is 0 Å². The average Bonchev–Trinajstić information content (AvgIpc) is 2.77. The number of nitro benzene ring substituents is 1. The van der Waals surface area contributed by atoms with Gasteiger partial charge in [-0.2, -0.15) is 0 Å². The van der Waals surface area contributed by atoms with Crippen LogP contribution in [0, 0.1) is 10.1 Å². The lowest BCUT2D eigenvalue weighted by molar-refractivity contribution is -0.384. The third-order valence-electron chi connectivity index (χ3n) is 3.87. The first-order chi connectivity index (χ1) is 11.2. The molecule has 1 aromatic carbocycles. The van der Waals surface area contributed by atoms with E-state index in [1.807, 2.05) is 19.0 Å². The minimum absolute atomic E-state index is 0.0285. The summed E-state index contributed by atoms with van der Waals surface area (Å²) >= 11 is 0. The van der Waals surface area contributed by atoms with Crippen LogP contribution in [0.15, 0.2) is 35.6 Å². The third-order valence-corrected chi connectivity index (χ3v) is 3.87. The van der Waals surface area contributed by atoms with Gasteiger partial charge in [-0.3, -0.25) is 19.7 Å². The molecule has 1 N–H and O–H groups in total. The van der Waals surface area contributed by atoms with Gasteiger partial charge in [0.2, 0.25) is 0 Å². The van der Waals surface area contributed by atoms with Crippen molar-refractivity contribution in [3.63, 3.8) is 0 Å². The van der Waals surface area contributed by atoms with Gasteiger partial charge >= 0.3 is 0 Å². The van der Waals surface area contributed by atoms with E-state index in [1.54, 1.807) is 6.07 Å². The Kier molecular flexibility index (Phi) is 4.99. The molecule has 0 radical (unpaired) electrons. The fraction of sp³-hybridized carbons (Fsp3) is 0.375. The van der Waals surface area contributed by atoms with E-state index in [9.17, 15) is 24.8 Å². The predicted octanol–water partition coefficient (Wildman–Crippen LogP) is 1.44. The smallest absolute Gasteiger partial charge is 0.290 e. The summed E-state index contributed by atoms with van der Waals surface area (Å²) in [6.07, 6.45) is 0. The van der Waals surface area contributed by atoms with E-state index in [0.717, 1.165) is 0 Å². The monoisotopic (exact) mass is 333 g/mol. The van der Waals surface area contributed by atoms with E-state index in [0.29, 0.717) is 12.1 Å². The van der Waals surface area contributed by atoms with E-state index >= 15 is 0 Å². The van der Waals surface area contributed by atoms with Crippen molar-refractivity contribution in [2.45, 2.75) is 13.0 Å². The van der Waals surface area contributed by atoms with Crippen LogP contribution in [-0.4, -0.2) is 58.7 Å². The lowest BCUT2D eigenvalue weighted by atomic mass is 9.96. The molecule has 1 aliphatic heterocycles. The zero-order chi connectivity index (χ0) is 18.0. The molecule has 0 bridgehead atoms. The molecule has 1 aliphatic rings. The van der Waals surface area contributed by atoms with Crippen molar-refractivity contribution in [3.05, 3.63) is 51.3 Å². The minimum Gasteiger partial charge on any atom is -0.503 e. The first kappa shape index (κ1) is 17.6. The zero-order valence-electron chi connectivity index (χ0n) is 13.7. The topological polar surface area (TPSA) is 104 Å². The molecule has 0 aliphatic carbocycles. The van der Waals surface area contributed by atoms with E-state index in [4.69, 9.17) is 0 Å². The minimum atomic E-state index is -0.824. The van der Waals surface area contributed by atoms with Crippen molar-refractivity contribution in [2.75, 3.05) is 27.2 Å². The molecule has 8 heteroatoms. The van der Waals surface area contributed by atoms with Crippen molar-refractivity contribution in [2.24, 2.45) is 0 Å². The summed E-state index contributed by atoms with van der Waals surface area (Å²) in [6, 6.07) is 4.93. The van der Waals surface area contributed by atoms with Gasteiger partial charge in [-0.25, -0.2) is 0 Å². The highest BCUT2D eigenvalue weighted by molar-refractivity contribution is 6.08. The quantitative estimate of drug-likeness (QED) is 0.624. The summed E-state index contributed by atoms with van der Waals surface area (Å²) < 4.78 is 0. The van der Waals surface area contributed by atoms with Crippen LogP contribution in [0.3, 0.4) is 0 Å². The van der Waals surface area contributed by atoms with Crippen molar-refractivity contribution in [1.29, 1.82) is 0 Å². The molecule has 0 fully saturated rings. The van der Waals surface area contributed by atoms with Crippen LogP contribution in [-0.2, 0) is 9.59 Å². The second kappa shape index (κ2) is 6.79. The molecule has 0 saturated heterocycles. The first-order valence-electron chi connectivity index (χ1n) is 7.38. The molecule has 0 saturated carbocycles. The molecule has 8 nitrogen and oxygen atoms in total. The Morgan fingerprint density at radius 3 is 2.62 bits per heavy atom. The summed E-state index contributed by atoms with van der Waals surface area (Å²) in [6.45, 7) is 2.06. The number of carbonyl (C=O) groups is 2. The van der Waals surface area contributed by atoms with Crippen LogP contribution < -0.4 is 0 Å². The lowest BCUT2D eigenvalue weighted by Crippen LogP contribution is -2.36. The molecule has 1 unspecified atom stereocenters. The number of Topliss-reactive ketones (excluding diaryl/α,β-unsaturated/α-hetero) is 1. The van der Waals surface area contributed by atoms with Crippen LogP contribution in [0.5, 0.6) is 0 Å². The summed E-state index contributed by atoms with van der Waals surface area (Å²) in [5.74, 6) is -1.67. The number of hydrogen-bond donors (Lipinski definition) is 1. The Balaban J connectivity index is 2.50. The van der Waals surface area contributed by atoms with Gasteiger partial charge in [-0.1, -0.05) is 12.1 Å². The number of aliphatic hydroxyl groups excluding tert-OH is 1. The lowest BCUT2D eigenvalue weighted by Gasteiger charge is -2.27. The van der Waals surface area contributed by atoms with E-state index in [2.05, 4.69) is 0 Å². The van der Waals surface area contributed by atoms with Gasteiger partial charge in [-0.15, -0.1) is 0 Å². The second-order valence-corrected chi connectivity index (χ2v) is 5.87. The fourth-order valence-corrected chi connectivity index (χ4v) is 2.71. The number of non-ortho nitro benzene ring substituents is 1. The van der Waals surface area contributed by atoms with Gasteiger partial charge in [0.1, 0.15) is 0 Å². The summed E-state index contributed by atoms with van der Waals surface area (Å²) in [5, 5.41) is 21.1. The molecule has 0 aromatic heterocycles. The molecule has 128 valence electrons. The summed E-state index contributed by atoms with van der Waals surface area (Å²) in [5.41, 5.74) is 0.256. The van der Waals surface area contributed by atoms with Crippen molar-refractivity contribution >= 4 is 17.4 Å². The van der Waals surface area contributed by atoms with Gasteiger partial charge in [0, 0.05) is 25.2 Å². The number of rotatable bonds is 6. The van der Waals surface area contributed by atoms with Gasteiger partial charge < -0.3 is 14.9 Å². The van der Waals surface area contributed by atoms with Crippen LogP contribution in [0.2, 0.25) is 0 Å². The number of carbonyl (C=O) groups excluding carboxylic acids is 2. The van der Waals surface area contributed by atoms with Crippen molar-refractivity contribution in [1.82, 2.24) is 9.80 Å². The van der Waals surface area contributed by atoms with Crippen LogP contribution in [0.4, 0.5) is 5.69 Å². The van der Waals surface area contributed by atoms with Gasteiger partial charge in [0.15, 0.2) is 11.5 Å². The number of benzene rings is 1. The highest BCUT2D eigenvalue weighted by Crippen LogP contribution is 2.38. The maximum Gasteiger partial charge on any atom is 0.290 e. The number of nitrogens with zero attached hydrogens (tertiary/aromatic N) is 3. The number of aliphatic hydroxyl groups is 1. The normalized spacial score (nSPS) is 17.8. The highest BCUT2D eigenvalue weighted by Gasteiger charge is 2.42. The van der Waals surface area contributed by atoms with Gasteiger partial charge in [-0.05, 0) is 26.6 Å². The fourth-order valence-electron chi connectivity index (χ4n) is 2.71. The highest BCUT2D eigenvalue weighted by atomic mass is 16.6. The van der Waals surface area contributed by atoms with Gasteiger partial charge in [0.25, 0.3) is 11.6 Å². The number of ketones is 1. The molecule has 1 atom stereocenters. The molecule has 1 amide bonds. The summed E-state index contributed by atoms with van der Waals surface area (Å²) in [4.78, 5) is 38.0. The van der Waals surface area contributed by atoms with E-state index in [-0.39, 0.29) is 17.8 Å². The number of amides is 1. The molecule has 0 spiro atoms. The molecule has 24 heavy (non-hydrogen) atoms. The second-order valence-electron chi connectivity index (χ2n) is 5.87. The van der Waals surface area contributed by atoms with Crippen LogP contribution in [0.1, 0.15) is 18.5 Å². The predicted molar refractivity (Wildman–Crippen MR) is 86.4 cm³/mol. The summed E-state index contributed by atoms with van der Waals surface area (Å²) in [7, 11) is 3.67. The Hall–Kier alpha value is -2.74. The molecule has 2 rings (SSSR count). The Labute approximate surface area is 139 Å². The maximum absolute atomic E-state index is 12.3. The van der Waals surface area contributed by atoms with Crippen molar-refractivity contribution < 1.29 is 19.6 Å². The molecular formula is C16H19N3O5. The average molecular weight is 333 g/mol. The third kappa shape index (κ3) is 3.28. The number of hydrogen-bond acceptors (Lipinski definition) is 6. The van der Waals surface area contributed by atoms with E-state index < -0.39 is 28.4 Å². The number of likely N-dealkylation sites (N-methyl/N-ethyl adjacent to an activating group) is 1. The first-order valence-corrected chi connectivity index (χ1v) is 7.38.